The van der Waals surface area contributed by atoms with Gasteiger partial charge >= 0.3 is 0 Å². The molecule has 0 heterocycles. The van der Waals surface area contributed by atoms with Gasteiger partial charge in [-0.15, -0.1) is 5.10 Å². The van der Waals surface area contributed by atoms with Crippen molar-refractivity contribution < 1.29 is 4.74 Å². The molecule has 0 radical (unpaired) electrons. The van der Waals surface area contributed by atoms with Crippen LogP contribution in [0.25, 0.3) is 0 Å². The van der Waals surface area contributed by atoms with E-state index in [4.69, 9.17) is 16.3 Å². The quantitative estimate of drug-likeness (QED) is 0.285. The van der Waals surface area contributed by atoms with Crippen LogP contribution in [0.2, 0.25) is 0 Å². The minimum Gasteiger partial charge on any atom is -0.386 e. The zero-order valence-corrected chi connectivity index (χ0v) is 19.9. The summed E-state index contributed by atoms with van der Waals surface area (Å²) >= 11 is 0. The highest BCUT2D eigenvalue weighted by atomic mass is 16.5. The van der Waals surface area contributed by atoms with Crippen LogP contribution < -0.4 is 11.6 Å². The largest absolute Gasteiger partial charge is 0.386 e. The normalized spacial score (nSPS) is 44.7. The third-order valence-electron chi connectivity index (χ3n) is 9.99. The summed E-state index contributed by atoms with van der Waals surface area (Å²) in [7, 11) is 1.87. The molecule has 0 saturated heterocycles. The second kappa shape index (κ2) is 8.97. The van der Waals surface area contributed by atoms with Gasteiger partial charge in [0.15, 0.2) is 0 Å². The Hall–Kier alpha value is -0.810. The van der Waals surface area contributed by atoms with Gasteiger partial charge in [0.25, 0.3) is 0 Å². The number of hydrazine groups is 1. The number of hydrogen-bond acceptors (Lipinski definition) is 4. The third kappa shape index (κ3) is 4.13. The molecule has 0 aromatic rings. The van der Waals surface area contributed by atoms with Crippen LogP contribution in [0.4, 0.5) is 0 Å². The third-order valence-corrected chi connectivity index (χ3v) is 9.99. The van der Waals surface area contributed by atoms with Crippen molar-refractivity contribution in [1.82, 2.24) is 5.12 Å². The molecule has 0 amide bonds. The molecule has 4 fully saturated rings. The zero-order chi connectivity index (χ0) is 21.5. The fraction of sp³-hybridized carbons (Fsp3) is 0.960. The van der Waals surface area contributed by atoms with Gasteiger partial charge in [-0.2, -0.15) is 0 Å². The minimum absolute atomic E-state index is 0.489. The molecule has 5 heteroatoms. The first-order valence-electron chi connectivity index (χ1n) is 12.6. The van der Waals surface area contributed by atoms with Crippen LogP contribution in [0.3, 0.4) is 0 Å². The molecule has 0 aromatic carbocycles. The molecular formula is C25H46N4O. The fourth-order valence-corrected chi connectivity index (χ4v) is 8.98. The number of hydrazone groups is 1. The number of rotatable bonds is 6. The second-order valence-electron chi connectivity index (χ2n) is 11.6. The summed E-state index contributed by atoms with van der Waals surface area (Å²) in [5.74, 6) is 13.7. The predicted molar refractivity (Wildman–Crippen MR) is 123 cm³/mol. The van der Waals surface area contributed by atoms with Gasteiger partial charge in [0.1, 0.15) is 5.84 Å². The summed E-state index contributed by atoms with van der Waals surface area (Å²) in [6.45, 7) is 8.60. The van der Waals surface area contributed by atoms with Gasteiger partial charge in [0.05, 0.1) is 6.54 Å². The Morgan fingerprint density at radius 2 is 1.87 bits per heavy atom. The number of ether oxygens (including phenoxy) is 1. The molecular weight excluding hydrogens is 372 g/mol. The monoisotopic (exact) mass is 418 g/mol. The van der Waals surface area contributed by atoms with Crippen molar-refractivity contribution in [2.75, 3.05) is 20.3 Å². The Kier molecular flexibility index (Phi) is 6.70. The Balaban J connectivity index is 1.42. The standard InChI is InChI=1S/C25H46N4O/c1-16(14-29(27)28-17(2)26)23-9-10-24-22-8-6-19-13-18(15-30-4)5-7-20(19)21(22)11-12-25(23,24)3/h16,18-24H,5-15,27H2,1-4H3,(H2,26,28)/t16-,18?,19?,20?,21?,22?,23?,24?,25?/m1/s1. The molecule has 8 unspecified atom stereocenters. The lowest BCUT2D eigenvalue weighted by Crippen LogP contribution is -2.50. The molecule has 4 aliphatic carbocycles. The van der Waals surface area contributed by atoms with E-state index in [2.05, 4.69) is 18.9 Å². The van der Waals surface area contributed by atoms with Gasteiger partial charge in [0.2, 0.25) is 0 Å². The maximum absolute atomic E-state index is 6.12. The van der Waals surface area contributed by atoms with E-state index in [1.54, 1.807) is 12.0 Å². The summed E-state index contributed by atoms with van der Waals surface area (Å²) in [6.07, 6.45) is 12.9. The van der Waals surface area contributed by atoms with Gasteiger partial charge in [-0.25, -0.2) is 11.0 Å². The van der Waals surface area contributed by atoms with Crippen molar-refractivity contribution in [3.05, 3.63) is 0 Å². The molecule has 0 bridgehead atoms. The number of nitrogens with two attached hydrogens (primary N) is 2. The second-order valence-corrected chi connectivity index (χ2v) is 11.6. The van der Waals surface area contributed by atoms with E-state index in [0.717, 1.165) is 54.6 Å². The van der Waals surface area contributed by atoms with Gasteiger partial charge in [-0.3, -0.25) is 0 Å². The predicted octanol–water partition coefficient (Wildman–Crippen LogP) is 4.62. The highest BCUT2D eigenvalue weighted by molar-refractivity contribution is 5.77. The number of amidine groups is 1. The molecule has 4 saturated carbocycles. The van der Waals surface area contributed by atoms with E-state index < -0.39 is 0 Å². The van der Waals surface area contributed by atoms with Crippen LogP contribution in [-0.2, 0) is 4.74 Å². The first kappa shape index (κ1) is 22.4. The van der Waals surface area contributed by atoms with Crippen LogP contribution in [-0.4, -0.2) is 31.2 Å². The van der Waals surface area contributed by atoms with E-state index in [1.165, 1.54) is 57.8 Å². The van der Waals surface area contributed by atoms with Crippen LogP contribution >= 0.6 is 0 Å². The summed E-state index contributed by atoms with van der Waals surface area (Å²) < 4.78 is 5.49. The van der Waals surface area contributed by atoms with Gasteiger partial charge in [-0.1, -0.05) is 13.8 Å². The molecule has 30 heavy (non-hydrogen) atoms. The van der Waals surface area contributed by atoms with Crippen molar-refractivity contribution in [2.24, 2.45) is 69.4 Å². The number of methoxy groups -OCH3 is 1. The summed E-state index contributed by atoms with van der Waals surface area (Å²) in [6, 6.07) is 0. The Bertz CT molecular complexity index is 620. The number of fused-ring (bicyclic) bond motifs is 5. The van der Waals surface area contributed by atoms with Crippen LogP contribution in [0.1, 0.15) is 78.6 Å². The smallest absolute Gasteiger partial charge is 0.118 e. The van der Waals surface area contributed by atoms with Crippen molar-refractivity contribution in [2.45, 2.75) is 78.6 Å². The van der Waals surface area contributed by atoms with Crippen molar-refractivity contribution in [1.29, 1.82) is 0 Å². The minimum atomic E-state index is 0.489. The van der Waals surface area contributed by atoms with Crippen LogP contribution in [0.5, 0.6) is 0 Å². The molecule has 0 aliphatic heterocycles. The molecule has 172 valence electrons. The van der Waals surface area contributed by atoms with Crippen LogP contribution in [0, 0.1) is 52.8 Å². The lowest BCUT2D eigenvalue weighted by molar-refractivity contribution is -0.0782. The van der Waals surface area contributed by atoms with Crippen molar-refractivity contribution in [3.63, 3.8) is 0 Å². The number of nitrogens with zero attached hydrogens (tertiary/aromatic N) is 2. The van der Waals surface area contributed by atoms with Gasteiger partial charge < -0.3 is 10.5 Å². The van der Waals surface area contributed by atoms with E-state index >= 15 is 0 Å². The maximum atomic E-state index is 6.12. The zero-order valence-electron chi connectivity index (χ0n) is 19.9. The maximum Gasteiger partial charge on any atom is 0.118 e. The van der Waals surface area contributed by atoms with Gasteiger partial charge in [-0.05, 0) is 117 Å². The van der Waals surface area contributed by atoms with E-state index in [-0.39, 0.29) is 0 Å². The van der Waals surface area contributed by atoms with E-state index in [0.29, 0.717) is 17.2 Å². The molecule has 0 aromatic heterocycles. The lowest BCUT2D eigenvalue weighted by atomic mass is 9.49. The summed E-state index contributed by atoms with van der Waals surface area (Å²) in [4.78, 5) is 0. The molecule has 9 atom stereocenters. The first-order valence-corrected chi connectivity index (χ1v) is 12.6. The Morgan fingerprint density at radius 3 is 2.60 bits per heavy atom. The Morgan fingerprint density at radius 1 is 1.10 bits per heavy atom. The highest BCUT2D eigenvalue weighted by Crippen LogP contribution is 2.65. The number of hydrogen-bond donors (Lipinski definition) is 2. The van der Waals surface area contributed by atoms with Crippen molar-refractivity contribution >= 4 is 5.84 Å². The SMILES string of the molecule is COCC1CCC2C(CCC3C2CCC2(C)C3CCC2[C@H](C)CN(N)/N=C(/C)N)C1. The van der Waals surface area contributed by atoms with E-state index in [1.807, 2.05) is 7.11 Å². The van der Waals surface area contributed by atoms with E-state index in [9.17, 15) is 0 Å². The first-order chi connectivity index (χ1) is 14.3. The highest BCUT2D eigenvalue weighted by Gasteiger charge is 2.57. The summed E-state index contributed by atoms with van der Waals surface area (Å²) in [5.41, 5.74) is 6.22. The fourth-order valence-electron chi connectivity index (χ4n) is 8.98. The Labute approximate surface area is 184 Å². The average Bonchev–Trinajstić information content (AvgIpc) is 3.04. The molecule has 4 aliphatic rings. The molecule has 4 rings (SSSR count). The molecule has 0 spiro atoms. The molecule has 4 N–H and O–H groups in total. The van der Waals surface area contributed by atoms with Crippen LogP contribution in [0.15, 0.2) is 5.10 Å². The lowest BCUT2D eigenvalue weighted by Gasteiger charge is -2.57. The topological polar surface area (TPSA) is 76.9 Å². The van der Waals surface area contributed by atoms with Gasteiger partial charge in [0, 0.05) is 13.7 Å². The summed E-state index contributed by atoms with van der Waals surface area (Å²) in [5, 5.41) is 5.82. The van der Waals surface area contributed by atoms with Crippen molar-refractivity contribution in [3.8, 4) is 0 Å². The molecule has 5 nitrogen and oxygen atoms in total. The average molecular weight is 419 g/mol.